The largest absolute Gasteiger partial charge is 0.463 e. The molecule has 0 radical (unpaired) electrons. The summed E-state index contributed by atoms with van der Waals surface area (Å²) in [4.78, 5) is 26.6. The number of likely N-dealkylation sites (tertiary alicyclic amines) is 1. The van der Waals surface area contributed by atoms with Crippen LogP contribution in [0.3, 0.4) is 0 Å². The number of methoxy groups -OCH3 is 1. The Kier molecular flexibility index (Phi) is 3.36. The topological polar surface area (TPSA) is 83.0 Å². The molecule has 0 aromatic rings. The van der Waals surface area contributed by atoms with Crippen molar-refractivity contribution in [2.45, 2.75) is 12.8 Å². The maximum absolute atomic E-state index is 11.5. The van der Waals surface area contributed by atoms with Gasteiger partial charge in [0.1, 0.15) is 0 Å². The number of amides is 1. The maximum Gasteiger partial charge on any atom is 0.463 e. The zero-order valence-electron chi connectivity index (χ0n) is 7.89. The molecule has 76 valence electrons. The molecule has 1 amide bonds. The third-order valence-electron chi connectivity index (χ3n) is 2.07. The Bertz CT molecular complexity index is 301. The highest BCUT2D eigenvalue weighted by Gasteiger charge is 2.35. The molecule has 1 saturated heterocycles. The van der Waals surface area contributed by atoms with E-state index in [1.54, 1.807) is 0 Å². The molecule has 0 spiro atoms. The summed E-state index contributed by atoms with van der Waals surface area (Å²) in [7, 11) is 1.13. The van der Waals surface area contributed by atoms with Gasteiger partial charge < -0.3 is 15.2 Å². The number of hydrogen-bond donors (Lipinski definition) is 0. The second-order valence-electron chi connectivity index (χ2n) is 2.94. The first-order chi connectivity index (χ1) is 6.70. The zero-order chi connectivity index (χ0) is 10.6. The van der Waals surface area contributed by atoms with E-state index in [4.69, 9.17) is 5.53 Å². The molecule has 0 unspecified atom stereocenters. The second-order valence-corrected chi connectivity index (χ2v) is 2.94. The first kappa shape index (κ1) is 10.4. The predicted octanol–water partition coefficient (Wildman–Crippen LogP) is -0.547. The zero-order valence-corrected chi connectivity index (χ0v) is 7.89. The van der Waals surface area contributed by atoms with Crippen LogP contribution in [-0.2, 0) is 14.3 Å². The lowest BCUT2D eigenvalue weighted by atomic mass is 10.3. The smallest absolute Gasteiger partial charge is 0.460 e. The maximum atomic E-state index is 11.5. The minimum atomic E-state index is -0.913. The van der Waals surface area contributed by atoms with Crippen LogP contribution in [0.1, 0.15) is 12.8 Å². The van der Waals surface area contributed by atoms with Gasteiger partial charge >= 0.3 is 17.6 Å². The van der Waals surface area contributed by atoms with Gasteiger partial charge in [-0.15, -0.1) is 0 Å². The number of rotatable bonds is 2. The summed E-state index contributed by atoms with van der Waals surface area (Å²) in [5.41, 5.74) is 7.94. The van der Waals surface area contributed by atoms with E-state index in [0.29, 0.717) is 13.1 Å². The lowest BCUT2D eigenvalue weighted by molar-refractivity contribution is -0.142. The van der Waals surface area contributed by atoms with Gasteiger partial charge in [-0.25, -0.2) is 4.79 Å². The highest BCUT2D eigenvalue weighted by Crippen LogP contribution is 2.07. The fourth-order valence-corrected chi connectivity index (χ4v) is 1.34. The number of esters is 1. The highest BCUT2D eigenvalue weighted by molar-refractivity contribution is 6.61. The van der Waals surface area contributed by atoms with Crippen LogP contribution in [0.15, 0.2) is 0 Å². The van der Waals surface area contributed by atoms with Crippen LogP contribution >= 0.6 is 0 Å². The molecular formula is C8H11N3O3. The van der Waals surface area contributed by atoms with Crippen molar-refractivity contribution in [3.63, 3.8) is 0 Å². The molecule has 0 aromatic heterocycles. The monoisotopic (exact) mass is 197 g/mol. The second kappa shape index (κ2) is 4.53. The standard InChI is InChI=1S/C8H11N3O3/c1-14-8(13)6(10-9)7(12)11-4-2-3-5-11/h2-5H2,1H3. The molecule has 1 heterocycles. The Morgan fingerprint density at radius 3 is 2.36 bits per heavy atom. The first-order valence-corrected chi connectivity index (χ1v) is 4.30. The molecular weight excluding hydrogens is 186 g/mol. The lowest BCUT2D eigenvalue weighted by Gasteiger charge is -2.10. The summed E-state index contributed by atoms with van der Waals surface area (Å²) >= 11 is 0. The van der Waals surface area contributed by atoms with E-state index in [0.717, 1.165) is 20.0 Å². The average Bonchev–Trinajstić information content (AvgIpc) is 2.71. The summed E-state index contributed by atoms with van der Waals surface area (Å²) in [5, 5.41) is 0. The molecule has 0 bridgehead atoms. The first-order valence-electron chi connectivity index (χ1n) is 4.30. The van der Waals surface area contributed by atoms with E-state index in [1.165, 1.54) is 4.90 Å². The summed E-state index contributed by atoms with van der Waals surface area (Å²) in [6.07, 6.45) is 1.82. The summed E-state index contributed by atoms with van der Waals surface area (Å²) < 4.78 is 4.31. The minimum absolute atomic E-state index is 0.561. The van der Waals surface area contributed by atoms with Gasteiger partial charge in [-0.2, -0.15) is 4.79 Å². The third kappa shape index (κ3) is 1.97. The number of carbonyl (C=O) groups is 2. The molecule has 1 rings (SSSR count). The van der Waals surface area contributed by atoms with Crippen LogP contribution < -0.4 is 0 Å². The molecule has 0 aromatic carbocycles. The van der Waals surface area contributed by atoms with Crippen molar-refractivity contribution < 1.29 is 19.1 Å². The molecule has 0 aliphatic carbocycles. The molecule has 14 heavy (non-hydrogen) atoms. The van der Waals surface area contributed by atoms with Gasteiger partial charge in [0, 0.05) is 13.1 Å². The number of nitrogens with zero attached hydrogens (tertiary/aromatic N) is 3. The van der Waals surface area contributed by atoms with Gasteiger partial charge in [0.25, 0.3) is 0 Å². The molecule has 1 aliphatic heterocycles. The fraction of sp³-hybridized carbons (Fsp3) is 0.625. The van der Waals surface area contributed by atoms with E-state index in [1.807, 2.05) is 0 Å². The Labute approximate surface area is 81.1 Å². The molecule has 0 N–H and O–H groups in total. The van der Waals surface area contributed by atoms with Crippen molar-refractivity contribution >= 4 is 17.6 Å². The van der Waals surface area contributed by atoms with Crippen LogP contribution in [0.5, 0.6) is 0 Å². The van der Waals surface area contributed by atoms with Crippen LogP contribution in [0.4, 0.5) is 0 Å². The average molecular weight is 197 g/mol. The van der Waals surface area contributed by atoms with Crippen molar-refractivity contribution in [2.24, 2.45) is 0 Å². The van der Waals surface area contributed by atoms with Crippen molar-refractivity contribution in [3.05, 3.63) is 5.53 Å². The van der Waals surface area contributed by atoms with E-state index in [9.17, 15) is 9.59 Å². The van der Waals surface area contributed by atoms with Crippen LogP contribution in [0, 0.1) is 0 Å². The lowest BCUT2D eigenvalue weighted by Crippen LogP contribution is -2.39. The predicted molar refractivity (Wildman–Crippen MR) is 46.5 cm³/mol. The minimum Gasteiger partial charge on any atom is -0.460 e. The van der Waals surface area contributed by atoms with E-state index >= 15 is 0 Å². The van der Waals surface area contributed by atoms with Gasteiger partial charge in [-0.05, 0) is 12.8 Å². The van der Waals surface area contributed by atoms with Crippen molar-refractivity contribution in [1.82, 2.24) is 4.90 Å². The Morgan fingerprint density at radius 2 is 1.93 bits per heavy atom. The molecule has 0 atom stereocenters. The van der Waals surface area contributed by atoms with Gasteiger partial charge in [0.15, 0.2) is 0 Å². The summed E-state index contributed by atoms with van der Waals surface area (Å²) in [6, 6.07) is 0. The summed E-state index contributed by atoms with van der Waals surface area (Å²) in [5.74, 6) is -1.48. The van der Waals surface area contributed by atoms with E-state index < -0.39 is 17.6 Å². The van der Waals surface area contributed by atoms with Crippen molar-refractivity contribution in [1.29, 1.82) is 0 Å². The van der Waals surface area contributed by atoms with Crippen LogP contribution in [0.25, 0.3) is 5.53 Å². The van der Waals surface area contributed by atoms with E-state index in [-0.39, 0.29) is 0 Å². The Hall–Kier alpha value is -1.68. The third-order valence-corrected chi connectivity index (χ3v) is 2.07. The SMILES string of the molecule is COC(=O)C(=[N+]=[N-])C(=O)N1CCCC1. The normalized spacial score (nSPS) is 14.8. The van der Waals surface area contributed by atoms with Crippen molar-refractivity contribution in [2.75, 3.05) is 20.2 Å². The number of ether oxygens (including phenoxy) is 1. The van der Waals surface area contributed by atoms with Crippen LogP contribution in [0.2, 0.25) is 0 Å². The number of carbonyl (C=O) groups excluding carboxylic acids is 2. The van der Waals surface area contributed by atoms with Crippen molar-refractivity contribution in [3.8, 4) is 0 Å². The summed E-state index contributed by atoms with van der Waals surface area (Å²) in [6.45, 7) is 1.18. The fourth-order valence-electron chi connectivity index (χ4n) is 1.34. The molecule has 1 aliphatic rings. The number of hydrogen-bond acceptors (Lipinski definition) is 3. The van der Waals surface area contributed by atoms with Gasteiger partial charge in [0.2, 0.25) is 0 Å². The molecule has 6 heteroatoms. The van der Waals surface area contributed by atoms with Gasteiger partial charge in [-0.3, -0.25) is 4.79 Å². The molecule has 1 fully saturated rings. The highest BCUT2D eigenvalue weighted by atomic mass is 16.5. The van der Waals surface area contributed by atoms with Gasteiger partial charge in [-0.1, -0.05) is 0 Å². The van der Waals surface area contributed by atoms with Crippen LogP contribution in [-0.4, -0.2) is 47.5 Å². The Morgan fingerprint density at radius 1 is 1.36 bits per heavy atom. The Balaban J connectivity index is 2.75. The van der Waals surface area contributed by atoms with E-state index in [2.05, 4.69) is 9.53 Å². The quantitative estimate of drug-likeness (QED) is 0.196. The molecule has 0 saturated carbocycles. The van der Waals surface area contributed by atoms with Gasteiger partial charge in [0.05, 0.1) is 7.11 Å². The molecule has 6 nitrogen and oxygen atoms in total.